The average molecular weight is 310 g/mol. The van der Waals surface area contributed by atoms with Gasteiger partial charge in [0, 0.05) is 11.6 Å². The number of phenols is 2. The number of fused-ring (bicyclic) bond motifs is 1. The number of hydrogen-bond donors (Lipinski definition) is 3. The van der Waals surface area contributed by atoms with E-state index in [0.717, 1.165) is 11.0 Å². The van der Waals surface area contributed by atoms with Crippen molar-refractivity contribution >= 4 is 23.2 Å². The van der Waals surface area contributed by atoms with Crippen LogP contribution in [0.15, 0.2) is 53.9 Å². The van der Waals surface area contributed by atoms with Crippen LogP contribution in [0.4, 0.5) is 0 Å². The molecule has 0 saturated carbocycles. The lowest BCUT2D eigenvalue weighted by atomic mass is 10.2. The van der Waals surface area contributed by atoms with Gasteiger partial charge in [-0.2, -0.15) is 5.10 Å². The van der Waals surface area contributed by atoms with Crippen LogP contribution in [0.3, 0.4) is 0 Å². The predicted molar refractivity (Wildman–Crippen MR) is 85.2 cm³/mol. The Morgan fingerprint density at radius 1 is 1.26 bits per heavy atom. The van der Waals surface area contributed by atoms with Gasteiger partial charge < -0.3 is 14.8 Å². The Morgan fingerprint density at radius 2 is 2.09 bits per heavy atom. The van der Waals surface area contributed by atoms with Gasteiger partial charge in [-0.05, 0) is 24.3 Å². The molecule has 0 aliphatic rings. The van der Waals surface area contributed by atoms with Gasteiger partial charge in [-0.25, -0.2) is 10.4 Å². The average Bonchev–Trinajstić information content (AvgIpc) is 2.93. The number of nitrogens with one attached hydrogen (secondary N) is 1. The fraction of sp³-hybridized carbons (Fsp3) is 0.0625. The van der Waals surface area contributed by atoms with Crippen molar-refractivity contribution in [2.45, 2.75) is 6.54 Å². The van der Waals surface area contributed by atoms with Crippen molar-refractivity contribution in [2.24, 2.45) is 5.10 Å². The summed E-state index contributed by atoms with van der Waals surface area (Å²) in [7, 11) is 0. The van der Waals surface area contributed by atoms with Crippen molar-refractivity contribution in [3.05, 3.63) is 54.4 Å². The maximum absolute atomic E-state index is 11.9. The molecule has 0 unspecified atom stereocenters. The predicted octanol–water partition coefficient (Wildman–Crippen LogP) is 1.60. The van der Waals surface area contributed by atoms with Gasteiger partial charge in [-0.1, -0.05) is 12.1 Å². The molecule has 23 heavy (non-hydrogen) atoms. The molecule has 116 valence electrons. The second-order valence-electron chi connectivity index (χ2n) is 4.90. The summed E-state index contributed by atoms with van der Waals surface area (Å²) in [6.45, 7) is 0.0828. The summed E-state index contributed by atoms with van der Waals surface area (Å²) in [6, 6.07) is 11.6. The van der Waals surface area contributed by atoms with E-state index in [-0.39, 0.29) is 24.0 Å². The molecule has 0 aliphatic heterocycles. The van der Waals surface area contributed by atoms with Crippen molar-refractivity contribution < 1.29 is 15.0 Å². The summed E-state index contributed by atoms with van der Waals surface area (Å²) in [5, 5.41) is 22.6. The molecular weight excluding hydrogens is 296 g/mol. The highest BCUT2D eigenvalue weighted by Gasteiger charge is 2.06. The van der Waals surface area contributed by atoms with E-state index < -0.39 is 0 Å². The number of phenolic OH excluding ortho intramolecular Hbond substituents is 2. The fourth-order valence-corrected chi connectivity index (χ4v) is 2.14. The number of carbonyl (C=O) groups excluding carboxylic acids is 1. The largest absolute Gasteiger partial charge is 0.508 e. The first-order chi connectivity index (χ1) is 11.1. The van der Waals surface area contributed by atoms with Crippen LogP contribution < -0.4 is 5.43 Å². The number of aromatic hydroxyl groups is 2. The van der Waals surface area contributed by atoms with Crippen LogP contribution in [-0.4, -0.2) is 31.9 Å². The molecule has 2 aromatic carbocycles. The number of rotatable bonds is 4. The second-order valence-corrected chi connectivity index (χ2v) is 4.90. The van der Waals surface area contributed by atoms with Crippen molar-refractivity contribution in [1.82, 2.24) is 15.0 Å². The second kappa shape index (κ2) is 6.18. The van der Waals surface area contributed by atoms with Gasteiger partial charge in [0.05, 0.1) is 23.6 Å². The van der Waals surface area contributed by atoms with E-state index in [2.05, 4.69) is 15.5 Å². The van der Waals surface area contributed by atoms with Crippen LogP contribution in [-0.2, 0) is 11.3 Å². The van der Waals surface area contributed by atoms with Crippen LogP contribution in [0.5, 0.6) is 11.5 Å². The number of para-hydroxylation sites is 2. The lowest BCUT2D eigenvalue weighted by molar-refractivity contribution is -0.121. The Balaban J connectivity index is 1.64. The van der Waals surface area contributed by atoms with Crippen molar-refractivity contribution in [1.29, 1.82) is 0 Å². The molecule has 3 aromatic rings. The Kier molecular flexibility index (Phi) is 3.92. The summed E-state index contributed by atoms with van der Waals surface area (Å²) in [6.07, 6.45) is 2.90. The number of amides is 1. The number of aromatic nitrogens is 2. The molecule has 3 rings (SSSR count). The Labute approximate surface area is 131 Å². The minimum absolute atomic E-state index is 0.0457. The zero-order valence-corrected chi connectivity index (χ0v) is 12.0. The highest BCUT2D eigenvalue weighted by Crippen LogP contribution is 2.20. The van der Waals surface area contributed by atoms with Gasteiger partial charge in [0.15, 0.2) is 0 Å². The lowest BCUT2D eigenvalue weighted by Crippen LogP contribution is -2.22. The molecule has 7 heteroatoms. The number of imidazole rings is 1. The van der Waals surface area contributed by atoms with Crippen LogP contribution >= 0.6 is 0 Å². The minimum atomic E-state index is -0.317. The molecule has 1 heterocycles. The summed E-state index contributed by atoms with van der Waals surface area (Å²) in [5.74, 6) is -0.484. The van der Waals surface area contributed by atoms with Gasteiger partial charge in [-0.15, -0.1) is 0 Å². The Hall–Kier alpha value is -3.35. The van der Waals surface area contributed by atoms with Crippen LogP contribution in [0.2, 0.25) is 0 Å². The molecule has 7 nitrogen and oxygen atoms in total. The van der Waals surface area contributed by atoms with E-state index in [1.165, 1.54) is 24.4 Å². The Morgan fingerprint density at radius 3 is 2.91 bits per heavy atom. The van der Waals surface area contributed by atoms with Crippen molar-refractivity contribution in [3.63, 3.8) is 0 Å². The molecule has 0 saturated heterocycles. The van der Waals surface area contributed by atoms with Gasteiger partial charge in [0.1, 0.15) is 18.0 Å². The topological polar surface area (TPSA) is 99.7 Å². The molecule has 1 aromatic heterocycles. The van der Waals surface area contributed by atoms with Gasteiger partial charge in [0.25, 0.3) is 5.91 Å². The Bertz CT molecular complexity index is 886. The first-order valence-corrected chi connectivity index (χ1v) is 6.87. The van der Waals surface area contributed by atoms with Gasteiger partial charge in [-0.3, -0.25) is 4.79 Å². The van der Waals surface area contributed by atoms with Crippen LogP contribution in [0.25, 0.3) is 11.0 Å². The minimum Gasteiger partial charge on any atom is -0.508 e. The molecule has 0 fully saturated rings. The van der Waals surface area contributed by atoms with E-state index in [9.17, 15) is 15.0 Å². The molecule has 0 radical (unpaired) electrons. The highest BCUT2D eigenvalue weighted by molar-refractivity contribution is 5.85. The standard InChI is InChI=1S/C16H14N4O3/c21-12-6-5-11(15(22)7-12)8-18-19-16(23)9-20-10-17-13-3-1-2-4-14(13)20/h1-8,10,21-22H,9H2,(H,19,23)/b18-8+. The van der Waals surface area contributed by atoms with E-state index in [1.807, 2.05) is 24.3 Å². The number of benzene rings is 2. The van der Waals surface area contributed by atoms with Crippen LogP contribution in [0.1, 0.15) is 5.56 Å². The summed E-state index contributed by atoms with van der Waals surface area (Å²) < 4.78 is 1.72. The third-order valence-electron chi connectivity index (χ3n) is 3.25. The zero-order chi connectivity index (χ0) is 16.2. The van der Waals surface area contributed by atoms with Crippen molar-refractivity contribution in [2.75, 3.05) is 0 Å². The van der Waals surface area contributed by atoms with Crippen molar-refractivity contribution in [3.8, 4) is 11.5 Å². The van der Waals surface area contributed by atoms with Gasteiger partial charge >= 0.3 is 0 Å². The molecule has 0 bridgehead atoms. The number of carbonyl (C=O) groups is 1. The first-order valence-electron chi connectivity index (χ1n) is 6.87. The first kappa shape index (κ1) is 14.6. The van der Waals surface area contributed by atoms with E-state index in [4.69, 9.17) is 0 Å². The molecule has 0 spiro atoms. The smallest absolute Gasteiger partial charge is 0.260 e. The van der Waals surface area contributed by atoms with E-state index in [0.29, 0.717) is 5.56 Å². The normalized spacial score (nSPS) is 11.1. The third kappa shape index (κ3) is 3.29. The number of hydrogen-bond acceptors (Lipinski definition) is 5. The number of hydrazone groups is 1. The van der Waals surface area contributed by atoms with Crippen LogP contribution in [0, 0.1) is 0 Å². The number of nitrogens with zero attached hydrogens (tertiary/aromatic N) is 3. The molecule has 1 amide bonds. The SMILES string of the molecule is O=C(Cn1cnc2ccccc21)N/N=C/c1ccc(O)cc1O. The zero-order valence-electron chi connectivity index (χ0n) is 12.0. The molecular formula is C16H14N4O3. The summed E-state index contributed by atoms with van der Waals surface area (Å²) in [4.78, 5) is 16.1. The molecule has 0 atom stereocenters. The van der Waals surface area contributed by atoms with Gasteiger partial charge in [0.2, 0.25) is 0 Å². The summed E-state index contributed by atoms with van der Waals surface area (Å²) >= 11 is 0. The fourth-order valence-electron chi connectivity index (χ4n) is 2.14. The maximum atomic E-state index is 11.9. The summed E-state index contributed by atoms with van der Waals surface area (Å²) in [5.41, 5.74) is 4.45. The third-order valence-corrected chi connectivity index (χ3v) is 3.25. The lowest BCUT2D eigenvalue weighted by Gasteiger charge is -2.03. The quantitative estimate of drug-likeness (QED) is 0.503. The highest BCUT2D eigenvalue weighted by atomic mass is 16.3. The maximum Gasteiger partial charge on any atom is 0.260 e. The molecule has 0 aliphatic carbocycles. The molecule has 3 N–H and O–H groups in total. The van der Waals surface area contributed by atoms with E-state index >= 15 is 0 Å². The van der Waals surface area contributed by atoms with E-state index in [1.54, 1.807) is 10.9 Å². The monoisotopic (exact) mass is 310 g/mol.